The first-order valence-electron chi connectivity index (χ1n) is 10.6. The number of rotatable bonds is 2. The van der Waals surface area contributed by atoms with Crippen molar-refractivity contribution in [3.63, 3.8) is 0 Å². The van der Waals surface area contributed by atoms with E-state index in [2.05, 4.69) is 15.0 Å². The lowest BCUT2D eigenvalue weighted by Crippen LogP contribution is -2.37. The van der Waals surface area contributed by atoms with Gasteiger partial charge in [-0.05, 0) is 31.9 Å². The molecule has 2 aliphatic rings. The van der Waals surface area contributed by atoms with Crippen LogP contribution in [0.25, 0.3) is 16.7 Å². The van der Waals surface area contributed by atoms with Crippen LogP contribution in [0.5, 0.6) is 0 Å². The van der Waals surface area contributed by atoms with Gasteiger partial charge in [-0.1, -0.05) is 0 Å². The summed E-state index contributed by atoms with van der Waals surface area (Å²) < 4.78 is 24.5. The van der Waals surface area contributed by atoms with Crippen LogP contribution in [0.15, 0.2) is 37.1 Å². The fourth-order valence-corrected chi connectivity index (χ4v) is 5.44. The van der Waals surface area contributed by atoms with Gasteiger partial charge in [0.2, 0.25) is 0 Å². The van der Waals surface area contributed by atoms with Crippen molar-refractivity contribution < 1.29 is 19.3 Å². The molecule has 0 bridgehead atoms. The zero-order chi connectivity index (χ0) is 22.2. The molecule has 6 rings (SSSR count). The number of aromatic nitrogens is 5. The van der Waals surface area contributed by atoms with Crippen molar-refractivity contribution in [2.24, 2.45) is 5.41 Å². The number of hydrogen-bond acceptors (Lipinski definition) is 7. The molecule has 166 valence electrons. The zero-order valence-electron chi connectivity index (χ0n) is 17.4. The molecule has 4 N–H and O–H groups in total. The van der Waals surface area contributed by atoms with Crippen LogP contribution in [0.1, 0.15) is 36.2 Å². The minimum absolute atomic E-state index is 0.223. The van der Waals surface area contributed by atoms with Gasteiger partial charge in [0.15, 0.2) is 0 Å². The van der Waals surface area contributed by atoms with Gasteiger partial charge < -0.3 is 29.7 Å². The molecule has 9 nitrogen and oxygen atoms in total. The summed E-state index contributed by atoms with van der Waals surface area (Å²) in [6, 6.07) is 3.08. The van der Waals surface area contributed by atoms with Gasteiger partial charge in [-0.15, -0.1) is 0 Å². The summed E-state index contributed by atoms with van der Waals surface area (Å²) in [5, 5.41) is 22.7. The number of fused-ring (bicyclic) bond motifs is 2. The van der Waals surface area contributed by atoms with E-state index in [4.69, 9.17) is 10.5 Å². The fraction of sp³-hybridized carbons (Fsp3) is 0.409. The van der Waals surface area contributed by atoms with Crippen molar-refractivity contribution in [3.05, 3.63) is 54.1 Å². The Bertz CT molecular complexity index is 1350. The van der Waals surface area contributed by atoms with Crippen molar-refractivity contribution in [1.82, 2.24) is 23.9 Å². The second-order valence-corrected chi connectivity index (χ2v) is 9.00. The first-order valence-corrected chi connectivity index (χ1v) is 10.6. The van der Waals surface area contributed by atoms with Gasteiger partial charge in [-0.3, -0.25) is 0 Å². The van der Waals surface area contributed by atoms with Crippen molar-refractivity contribution >= 4 is 22.5 Å². The number of nitrogens with two attached hydrogens (primary N) is 1. The number of anilines is 1. The van der Waals surface area contributed by atoms with Crippen LogP contribution in [-0.2, 0) is 4.74 Å². The standard InChI is InChI=1S/C22H23FN6O3/c1-11-7-25-17-4-13(14(23)8-29(11)17)16-6-22(9-32-16)5-15(18(30)19(22)31)28-3-2-12-20(24)26-10-27-21(12)28/h2-4,7-8,10,15-16,18-19,30-31H,5-6,9H2,1H3,(H2,24,26,27)/t15-,16-,18+,19+,22-/m1/s1. The number of aryl methyl sites for hydroxylation is 1. The summed E-state index contributed by atoms with van der Waals surface area (Å²) in [7, 11) is 0. The van der Waals surface area contributed by atoms with Gasteiger partial charge >= 0.3 is 0 Å². The van der Waals surface area contributed by atoms with Gasteiger partial charge in [-0.25, -0.2) is 19.3 Å². The largest absolute Gasteiger partial charge is 0.390 e. The second kappa shape index (κ2) is 6.71. The van der Waals surface area contributed by atoms with Crippen LogP contribution in [0, 0.1) is 18.2 Å². The summed E-state index contributed by atoms with van der Waals surface area (Å²) in [6.07, 6.45) is 4.58. The first-order chi connectivity index (χ1) is 15.4. The third-order valence-corrected chi connectivity index (χ3v) is 7.18. The van der Waals surface area contributed by atoms with Crippen molar-refractivity contribution in [3.8, 4) is 0 Å². The van der Waals surface area contributed by atoms with E-state index in [1.165, 1.54) is 12.5 Å². The predicted molar refractivity (Wildman–Crippen MR) is 113 cm³/mol. The molecule has 4 aromatic rings. The van der Waals surface area contributed by atoms with Crippen LogP contribution in [0.4, 0.5) is 10.2 Å². The summed E-state index contributed by atoms with van der Waals surface area (Å²) in [6.45, 7) is 2.08. The molecule has 32 heavy (non-hydrogen) atoms. The van der Waals surface area contributed by atoms with E-state index < -0.39 is 29.8 Å². The lowest BCUT2D eigenvalue weighted by Gasteiger charge is -2.26. The minimum atomic E-state index is -1.02. The number of aliphatic hydroxyl groups excluding tert-OH is 2. The molecule has 0 unspecified atom stereocenters. The molecule has 1 aliphatic carbocycles. The Morgan fingerprint density at radius 3 is 2.94 bits per heavy atom. The molecule has 2 fully saturated rings. The summed E-state index contributed by atoms with van der Waals surface area (Å²) in [5.41, 5.74) is 7.75. The molecule has 1 saturated heterocycles. The minimum Gasteiger partial charge on any atom is -0.390 e. The maximum atomic E-state index is 14.9. The lowest BCUT2D eigenvalue weighted by molar-refractivity contribution is -0.0309. The molecule has 10 heteroatoms. The van der Waals surface area contributed by atoms with E-state index in [1.807, 2.05) is 11.5 Å². The fourth-order valence-electron chi connectivity index (χ4n) is 5.44. The highest BCUT2D eigenvalue weighted by atomic mass is 19.1. The molecule has 0 aromatic carbocycles. The molecule has 1 aliphatic heterocycles. The average Bonchev–Trinajstić information content (AvgIpc) is 3.53. The molecular weight excluding hydrogens is 415 g/mol. The van der Waals surface area contributed by atoms with Crippen molar-refractivity contribution in [1.29, 1.82) is 0 Å². The summed E-state index contributed by atoms with van der Waals surface area (Å²) in [4.78, 5) is 12.6. The van der Waals surface area contributed by atoms with E-state index in [0.29, 0.717) is 40.9 Å². The smallest absolute Gasteiger partial charge is 0.145 e. The number of nitrogens with zero attached hydrogens (tertiary/aromatic N) is 5. The number of hydrogen-bond donors (Lipinski definition) is 3. The molecular formula is C22H23FN6O3. The van der Waals surface area contributed by atoms with E-state index >= 15 is 0 Å². The number of imidazole rings is 1. The molecule has 1 saturated carbocycles. The topological polar surface area (TPSA) is 124 Å². The molecule has 1 spiro atoms. The van der Waals surface area contributed by atoms with Crippen molar-refractivity contribution in [2.45, 2.75) is 44.1 Å². The highest BCUT2D eigenvalue weighted by Gasteiger charge is 2.57. The van der Waals surface area contributed by atoms with Gasteiger partial charge in [0.1, 0.15) is 35.4 Å². The SMILES string of the molecule is Cc1cnc2cc([C@H]3C[C@@]4(CO3)C[C@@H](n3ccc5c(N)ncnc53)[C@H](O)[C@@H]4O)c(F)cn12. The Labute approximate surface area is 182 Å². The van der Waals surface area contributed by atoms with Crippen LogP contribution in [-0.4, -0.2) is 52.9 Å². The Hall–Kier alpha value is -3.08. The van der Waals surface area contributed by atoms with E-state index in [9.17, 15) is 14.6 Å². The number of halogens is 1. The lowest BCUT2D eigenvalue weighted by atomic mass is 9.80. The second-order valence-electron chi connectivity index (χ2n) is 9.00. The zero-order valence-corrected chi connectivity index (χ0v) is 17.4. The normalized spacial score (nSPS) is 30.2. The Morgan fingerprint density at radius 2 is 2.09 bits per heavy atom. The van der Waals surface area contributed by atoms with E-state index in [-0.39, 0.29) is 12.4 Å². The molecule has 5 atom stereocenters. The van der Waals surface area contributed by atoms with Gasteiger partial charge in [0.05, 0.1) is 30.2 Å². The van der Waals surface area contributed by atoms with Crippen LogP contribution in [0.2, 0.25) is 0 Å². The van der Waals surface area contributed by atoms with Gasteiger partial charge in [0.25, 0.3) is 0 Å². The van der Waals surface area contributed by atoms with E-state index in [1.54, 1.807) is 28.9 Å². The Balaban J connectivity index is 1.33. The van der Waals surface area contributed by atoms with Gasteiger partial charge in [-0.2, -0.15) is 0 Å². The van der Waals surface area contributed by atoms with E-state index in [0.717, 1.165) is 5.69 Å². The quantitative estimate of drug-likeness (QED) is 0.437. The van der Waals surface area contributed by atoms with Crippen molar-refractivity contribution in [2.75, 3.05) is 12.3 Å². The Kier molecular flexibility index (Phi) is 4.11. The third-order valence-electron chi connectivity index (χ3n) is 7.18. The molecule has 5 heterocycles. The van der Waals surface area contributed by atoms with Crippen LogP contribution < -0.4 is 5.73 Å². The maximum Gasteiger partial charge on any atom is 0.145 e. The Morgan fingerprint density at radius 1 is 1.25 bits per heavy atom. The molecule has 0 radical (unpaired) electrons. The number of ether oxygens (including phenoxy) is 1. The molecule has 4 aromatic heterocycles. The monoisotopic (exact) mass is 438 g/mol. The first kappa shape index (κ1) is 19.6. The third kappa shape index (κ3) is 2.63. The summed E-state index contributed by atoms with van der Waals surface area (Å²) >= 11 is 0. The summed E-state index contributed by atoms with van der Waals surface area (Å²) in [5.74, 6) is -0.0188. The highest BCUT2D eigenvalue weighted by Crippen LogP contribution is 2.55. The number of aliphatic hydroxyl groups is 2. The average molecular weight is 438 g/mol. The van der Waals surface area contributed by atoms with Crippen LogP contribution >= 0.6 is 0 Å². The highest BCUT2D eigenvalue weighted by molar-refractivity contribution is 5.86. The number of pyridine rings is 1. The van der Waals surface area contributed by atoms with Crippen LogP contribution in [0.3, 0.4) is 0 Å². The maximum absolute atomic E-state index is 14.9. The molecule has 0 amide bonds. The van der Waals surface area contributed by atoms with Gasteiger partial charge in [0, 0.05) is 35.3 Å². The number of nitrogen functional groups attached to an aromatic ring is 1. The predicted octanol–water partition coefficient (Wildman–Crippen LogP) is 1.92.